The molecule has 0 aliphatic rings. The zero-order valence-corrected chi connectivity index (χ0v) is 14.0. The zero-order valence-electron chi connectivity index (χ0n) is 14.0. The third-order valence-corrected chi connectivity index (χ3v) is 3.85. The first kappa shape index (κ1) is 17.8. The quantitative estimate of drug-likeness (QED) is 0.603. The van der Waals surface area contributed by atoms with Crippen LogP contribution in [0.3, 0.4) is 0 Å². The van der Waals surface area contributed by atoms with Crippen LogP contribution in [0.2, 0.25) is 0 Å². The average molecular weight is 329 g/mol. The van der Waals surface area contributed by atoms with E-state index in [0.29, 0.717) is 25.1 Å². The number of benzene rings is 2. The van der Waals surface area contributed by atoms with E-state index in [2.05, 4.69) is 0 Å². The van der Waals surface area contributed by atoms with Gasteiger partial charge in [-0.05, 0) is 42.2 Å². The highest BCUT2D eigenvalue weighted by Gasteiger charge is 2.21. The van der Waals surface area contributed by atoms with Crippen molar-refractivity contribution in [3.63, 3.8) is 0 Å². The molecule has 128 valence electrons. The molecular formula is C19H23NO4. The van der Waals surface area contributed by atoms with Crippen molar-refractivity contribution < 1.29 is 19.4 Å². The van der Waals surface area contributed by atoms with Gasteiger partial charge in [0.25, 0.3) is 0 Å². The molecule has 2 aromatic carbocycles. The Kier molecular flexibility index (Phi) is 6.21. The Hall–Kier alpha value is -2.53. The van der Waals surface area contributed by atoms with Gasteiger partial charge in [-0.1, -0.05) is 30.3 Å². The molecule has 0 amide bonds. The second-order valence-electron chi connectivity index (χ2n) is 5.50. The molecule has 0 aliphatic heterocycles. The van der Waals surface area contributed by atoms with Crippen LogP contribution in [-0.4, -0.2) is 30.9 Å². The number of para-hydroxylation sites is 1. The predicted octanol–water partition coefficient (Wildman–Crippen LogP) is 2.69. The molecule has 1 atom stereocenters. The highest BCUT2D eigenvalue weighted by Crippen LogP contribution is 2.23. The molecule has 2 aromatic rings. The molecule has 1 unspecified atom stereocenters. The molecule has 0 saturated heterocycles. The molecule has 0 bridgehead atoms. The molecule has 5 heteroatoms. The van der Waals surface area contributed by atoms with Crippen LogP contribution in [0.4, 0.5) is 5.69 Å². The fourth-order valence-electron chi connectivity index (χ4n) is 2.57. The number of nitrogens with two attached hydrogens (primary N) is 1. The molecule has 0 radical (unpaired) electrons. The summed E-state index contributed by atoms with van der Waals surface area (Å²) in [5.41, 5.74) is 9.82. The van der Waals surface area contributed by atoms with E-state index in [1.54, 1.807) is 12.1 Å². The summed E-state index contributed by atoms with van der Waals surface area (Å²) in [6, 6.07) is 12.8. The van der Waals surface area contributed by atoms with Crippen LogP contribution in [0, 0.1) is 0 Å². The van der Waals surface area contributed by atoms with E-state index in [1.807, 2.05) is 37.3 Å². The summed E-state index contributed by atoms with van der Waals surface area (Å²) in [4.78, 5) is 11.8. The second-order valence-corrected chi connectivity index (χ2v) is 5.50. The van der Waals surface area contributed by atoms with Gasteiger partial charge in [-0.3, -0.25) is 0 Å². The number of hydrogen-bond donors (Lipinski definition) is 2. The van der Waals surface area contributed by atoms with Gasteiger partial charge in [-0.2, -0.15) is 0 Å². The van der Waals surface area contributed by atoms with E-state index in [-0.39, 0.29) is 5.75 Å². The summed E-state index contributed by atoms with van der Waals surface area (Å²) < 4.78 is 10.3. The number of nitrogen functional groups attached to an aromatic ring is 1. The van der Waals surface area contributed by atoms with Gasteiger partial charge in [0.1, 0.15) is 5.75 Å². The standard InChI is InChI=1S/C19H23NO4/c1-3-24-17(19(22)23-2)12-15-6-4-5-14(18(15)20)11-13-7-9-16(21)10-8-13/h4-10,17,21H,3,11-12,20H2,1-2H3. The van der Waals surface area contributed by atoms with Gasteiger partial charge in [-0.25, -0.2) is 4.79 Å². The number of esters is 1. The Morgan fingerprint density at radius 2 is 1.83 bits per heavy atom. The number of phenolic OH excluding ortho intramolecular Hbond substituents is 1. The van der Waals surface area contributed by atoms with E-state index < -0.39 is 12.1 Å². The van der Waals surface area contributed by atoms with Gasteiger partial charge in [0.2, 0.25) is 0 Å². The highest BCUT2D eigenvalue weighted by molar-refractivity contribution is 5.75. The molecule has 0 spiro atoms. The summed E-state index contributed by atoms with van der Waals surface area (Å²) in [7, 11) is 1.35. The van der Waals surface area contributed by atoms with E-state index >= 15 is 0 Å². The van der Waals surface area contributed by atoms with Crippen molar-refractivity contribution in [2.45, 2.75) is 25.9 Å². The molecule has 0 aromatic heterocycles. The normalized spacial score (nSPS) is 11.9. The number of anilines is 1. The Balaban J connectivity index is 2.20. The average Bonchev–Trinajstić information content (AvgIpc) is 2.59. The molecular weight excluding hydrogens is 306 g/mol. The van der Waals surface area contributed by atoms with Gasteiger partial charge in [-0.15, -0.1) is 0 Å². The Morgan fingerprint density at radius 1 is 1.17 bits per heavy atom. The van der Waals surface area contributed by atoms with Crippen molar-refractivity contribution in [3.8, 4) is 5.75 Å². The van der Waals surface area contributed by atoms with E-state index in [9.17, 15) is 9.90 Å². The lowest BCUT2D eigenvalue weighted by Crippen LogP contribution is -2.28. The molecule has 0 aliphatic carbocycles. The van der Waals surface area contributed by atoms with Crippen molar-refractivity contribution in [1.29, 1.82) is 0 Å². The third kappa shape index (κ3) is 4.49. The first-order chi connectivity index (χ1) is 11.5. The van der Waals surface area contributed by atoms with Crippen LogP contribution >= 0.6 is 0 Å². The fraction of sp³-hybridized carbons (Fsp3) is 0.316. The van der Waals surface area contributed by atoms with Gasteiger partial charge in [0.15, 0.2) is 6.10 Å². The SMILES string of the molecule is CCOC(Cc1cccc(Cc2ccc(O)cc2)c1N)C(=O)OC. The van der Waals surface area contributed by atoms with Crippen LogP contribution in [0.1, 0.15) is 23.6 Å². The topological polar surface area (TPSA) is 81.8 Å². The van der Waals surface area contributed by atoms with Crippen LogP contribution in [0.25, 0.3) is 0 Å². The van der Waals surface area contributed by atoms with E-state index in [4.69, 9.17) is 15.2 Å². The van der Waals surface area contributed by atoms with Crippen molar-refractivity contribution in [2.24, 2.45) is 0 Å². The number of hydrogen-bond acceptors (Lipinski definition) is 5. The number of carbonyl (C=O) groups is 1. The molecule has 5 nitrogen and oxygen atoms in total. The summed E-state index contributed by atoms with van der Waals surface area (Å²) in [6.07, 6.45) is 0.360. The molecule has 0 heterocycles. The van der Waals surface area contributed by atoms with Gasteiger partial charge in [0.05, 0.1) is 7.11 Å². The van der Waals surface area contributed by atoms with E-state index in [0.717, 1.165) is 16.7 Å². The summed E-state index contributed by atoms with van der Waals surface area (Å²) in [5.74, 6) is -0.168. The summed E-state index contributed by atoms with van der Waals surface area (Å²) >= 11 is 0. The van der Waals surface area contributed by atoms with Gasteiger partial charge < -0.3 is 20.3 Å². The van der Waals surface area contributed by atoms with E-state index in [1.165, 1.54) is 7.11 Å². The summed E-state index contributed by atoms with van der Waals surface area (Å²) in [6.45, 7) is 2.26. The summed E-state index contributed by atoms with van der Waals surface area (Å²) in [5, 5.41) is 9.36. The minimum absolute atomic E-state index is 0.234. The minimum atomic E-state index is -0.661. The molecule has 0 saturated carbocycles. The number of carbonyl (C=O) groups excluding carboxylic acids is 1. The lowest BCUT2D eigenvalue weighted by atomic mass is 9.97. The van der Waals surface area contributed by atoms with Crippen LogP contribution in [-0.2, 0) is 27.1 Å². The molecule has 24 heavy (non-hydrogen) atoms. The lowest BCUT2D eigenvalue weighted by Gasteiger charge is -2.17. The Morgan fingerprint density at radius 3 is 2.46 bits per heavy atom. The molecule has 0 fully saturated rings. The van der Waals surface area contributed by atoms with Crippen molar-refractivity contribution in [2.75, 3.05) is 19.5 Å². The number of methoxy groups -OCH3 is 1. The van der Waals surface area contributed by atoms with Crippen molar-refractivity contribution in [1.82, 2.24) is 0 Å². The third-order valence-electron chi connectivity index (χ3n) is 3.85. The zero-order chi connectivity index (χ0) is 17.5. The van der Waals surface area contributed by atoms with Crippen molar-refractivity contribution >= 4 is 11.7 Å². The predicted molar refractivity (Wildman–Crippen MR) is 92.9 cm³/mol. The fourth-order valence-corrected chi connectivity index (χ4v) is 2.57. The number of ether oxygens (including phenoxy) is 2. The lowest BCUT2D eigenvalue weighted by molar-refractivity contribution is -0.153. The first-order valence-corrected chi connectivity index (χ1v) is 7.88. The maximum atomic E-state index is 11.8. The first-order valence-electron chi connectivity index (χ1n) is 7.88. The van der Waals surface area contributed by atoms with Gasteiger partial charge in [0, 0.05) is 18.7 Å². The number of rotatable bonds is 7. The Bertz CT molecular complexity index is 682. The molecule has 3 N–H and O–H groups in total. The van der Waals surface area contributed by atoms with Gasteiger partial charge >= 0.3 is 5.97 Å². The maximum Gasteiger partial charge on any atom is 0.335 e. The van der Waals surface area contributed by atoms with Crippen LogP contribution in [0.15, 0.2) is 42.5 Å². The van der Waals surface area contributed by atoms with Crippen LogP contribution < -0.4 is 5.73 Å². The smallest absolute Gasteiger partial charge is 0.335 e. The van der Waals surface area contributed by atoms with Crippen molar-refractivity contribution in [3.05, 3.63) is 59.2 Å². The monoisotopic (exact) mass is 329 g/mol. The molecule has 2 rings (SSSR count). The number of aromatic hydroxyl groups is 1. The second kappa shape index (κ2) is 8.36. The van der Waals surface area contributed by atoms with Crippen LogP contribution in [0.5, 0.6) is 5.75 Å². The number of phenols is 1. The Labute approximate surface area is 142 Å². The minimum Gasteiger partial charge on any atom is -0.508 e. The highest BCUT2D eigenvalue weighted by atomic mass is 16.6. The maximum absolute atomic E-state index is 11.8. The largest absolute Gasteiger partial charge is 0.508 e.